The molecular formula is C31H37NO4. The minimum absolute atomic E-state index is 0.0997. The first-order valence-electron chi connectivity index (χ1n) is 13.7. The van der Waals surface area contributed by atoms with Gasteiger partial charge in [0.2, 0.25) is 0 Å². The highest BCUT2D eigenvalue weighted by molar-refractivity contribution is 5.62. The summed E-state index contributed by atoms with van der Waals surface area (Å²) in [7, 11) is 1.78. The molecule has 2 aromatic rings. The van der Waals surface area contributed by atoms with Gasteiger partial charge in [0.15, 0.2) is 11.5 Å². The summed E-state index contributed by atoms with van der Waals surface area (Å²) in [5, 5.41) is 22.2. The molecule has 1 spiro atoms. The summed E-state index contributed by atoms with van der Waals surface area (Å²) in [4.78, 5) is 2.74. The summed E-state index contributed by atoms with van der Waals surface area (Å²) in [5.41, 5.74) is 2.99. The third-order valence-corrected chi connectivity index (χ3v) is 10.4. The van der Waals surface area contributed by atoms with Crippen molar-refractivity contribution in [2.75, 3.05) is 20.2 Å². The molecule has 5 nitrogen and oxygen atoms in total. The lowest BCUT2D eigenvalue weighted by molar-refractivity contribution is -0.175. The Balaban J connectivity index is 1.36. The smallest absolute Gasteiger partial charge is 0.165 e. The number of hydrogen-bond donors (Lipinski definition) is 2. The maximum Gasteiger partial charge on any atom is 0.165 e. The molecule has 2 N–H and O–H groups in total. The summed E-state index contributed by atoms with van der Waals surface area (Å²) in [6.07, 6.45) is 7.40. The molecule has 3 fully saturated rings. The minimum Gasteiger partial charge on any atom is -0.504 e. The summed E-state index contributed by atoms with van der Waals surface area (Å²) < 4.78 is 13.0. The molecule has 2 aromatic carbocycles. The molecule has 0 aromatic heterocycles. The van der Waals surface area contributed by atoms with E-state index in [9.17, 15) is 10.2 Å². The van der Waals surface area contributed by atoms with Gasteiger partial charge in [-0.2, -0.15) is 0 Å². The summed E-state index contributed by atoms with van der Waals surface area (Å²) >= 11 is 0. The predicted molar refractivity (Wildman–Crippen MR) is 138 cm³/mol. The second-order valence-corrected chi connectivity index (χ2v) is 11.9. The maximum atomic E-state index is 11.3. The standard InChI is InChI=1S/C31H37NO4/c1-3-30-17-22(15-24(34)20-7-5-4-6-8-20)27(35-2)29-31(30)13-14-32(18-19-9-10-19)25(30)16-21-11-12-23(33)28(36-29)26(21)31/h3-8,11-12,19,22,24-25,27,29,33-34H,1,9-10,13-18H2,2H3/t22-,24?,25+,27?,29-,30+,31-/m0/s1. The molecule has 2 bridgehead atoms. The van der Waals surface area contributed by atoms with Crippen LogP contribution in [0.1, 0.15) is 54.9 Å². The second-order valence-electron chi connectivity index (χ2n) is 11.9. The Morgan fingerprint density at radius 2 is 2.03 bits per heavy atom. The second kappa shape index (κ2) is 8.08. The highest BCUT2D eigenvalue weighted by Gasteiger charge is 2.73. The van der Waals surface area contributed by atoms with Crippen LogP contribution in [0.5, 0.6) is 11.5 Å². The monoisotopic (exact) mass is 487 g/mol. The normalized spacial score (nSPS) is 37.2. The van der Waals surface area contributed by atoms with E-state index in [1.807, 2.05) is 36.4 Å². The molecule has 3 aliphatic carbocycles. The van der Waals surface area contributed by atoms with E-state index in [4.69, 9.17) is 9.47 Å². The molecule has 2 saturated carbocycles. The molecular weight excluding hydrogens is 450 g/mol. The Morgan fingerprint density at radius 1 is 1.22 bits per heavy atom. The van der Waals surface area contributed by atoms with Crippen LogP contribution >= 0.6 is 0 Å². The molecule has 2 aliphatic heterocycles. The van der Waals surface area contributed by atoms with E-state index in [1.54, 1.807) is 7.11 Å². The van der Waals surface area contributed by atoms with Gasteiger partial charge >= 0.3 is 0 Å². The van der Waals surface area contributed by atoms with Gasteiger partial charge in [-0.05, 0) is 74.1 Å². The molecule has 0 radical (unpaired) electrons. The van der Waals surface area contributed by atoms with Gasteiger partial charge in [-0.15, -0.1) is 6.58 Å². The van der Waals surface area contributed by atoms with Gasteiger partial charge < -0.3 is 19.7 Å². The zero-order valence-electron chi connectivity index (χ0n) is 21.1. The van der Waals surface area contributed by atoms with Crippen molar-refractivity contribution in [2.24, 2.45) is 17.3 Å². The number of rotatable bonds is 7. The van der Waals surface area contributed by atoms with E-state index in [0.717, 1.165) is 43.8 Å². The van der Waals surface area contributed by atoms with Gasteiger partial charge in [0.25, 0.3) is 0 Å². The molecule has 0 amide bonds. The van der Waals surface area contributed by atoms with Crippen LogP contribution in [0.2, 0.25) is 0 Å². The van der Waals surface area contributed by atoms with Crippen molar-refractivity contribution in [2.45, 2.75) is 68.3 Å². The molecule has 190 valence electrons. The summed E-state index contributed by atoms with van der Waals surface area (Å²) in [6, 6.07) is 14.2. The van der Waals surface area contributed by atoms with Gasteiger partial charge in [-0.1, -0.05) is 42.5 Å². The lowest BCUT2D eigenvalue weighted by atomic mass is 9.41. The molecule has 1 saturated heterocycles. The SMILES string of the molecule is C=C[C@]12C[C@H](CC(O)c3ccccc3)C(OC)[C@@H]3Oc4c(O)ccc5c4[C@@]31CCN(CC1CC1)[C@@H]2C5. The van der Waals surface area contributed by atoms with E-state index in [0.29, 0.717) is 18.2 Å². The Kier molecular flexibility index (Phi) is 5.12. The van der Waals surface area contributed by atoms with Crippen molar-refractivity contribution in [3.05, 3.63) is 71.8 Å². The van der Waals surface area contributed by atoms with Gasteiger partial charge in [-0.3, -0.25) is 4.90 Å². The average Bonchev–Trinajstić information content (AvgIpc) is 3.65. The van der Waals surface area contributed by atoms with E-state index in [-0.39, 0.29) is 34.7 Å². The number of piperidine rings is 1. The zero-order chi connectivity index (χ0) is 24.7. The van der Waals surface area contributed by atoms with Crippen molar-refractivity contribution >= 4 is 0 Å². The molecule has 36 heavy (non-hydrogen) atoms. The van der Waals surface area contributed by atoms with Crippen molar-refractivity contribution in [3.8, 4) is 11.5 Å². The number of aromatic hydroxyl groups is 1. The highest BCUT2D eigenvalue weighted by atomic mass is 16.5. The third-order valence-electron chi connectivity index (χ3n) is 10.4. The number of likely N-dealkylation sites (tertiary alicyclic amines) is 1. The highest BCUT2D eigenvalue weighted by Crippen LogP contribution is 2.71. The van der Waals surface area contributed by atoms with Gasteiger partial charge in [-0.25, -0.2) is 0 Å². The summed E-state index contributed by atoms with van der Waals surface area (Å²) in [5.74, 6) is 1.80. The van der Waals surface area contributed by atoms with E-state index in [1.165, 1.54) is 24.0 Å². The van der Waals surface area contributed by atoms with E-state index in [2.05, 4.69) is 23.6 Å². The molecule has 7 atom stereocenters. The molecule has 5 aliphatic rings. The fourth-order valence-electron chi connectivity index (χ4n) is 8.72. The van der Waals surface area contributed by atoms with Crippen LogP contribution in [-0.4, -0.2) is 53.6 Å². The van der Waals surface area contributed by atoms with Crippen molar-refractivity contribution in [3.63, 3.8) is 0 Å². The lowest BCUT2D eigenvalue weighted by Gasteiger charge is -2.67. The first-order chi connectivity index (χ1) is 17.5. The number of phenols is 1. The molecule has 2 unspecified atom stereocenters. The quantitative estimate of drug-likeness (QED) is 0.552. The van der Waals surface area contributed by atoms with E-state index >= 15 is 0 Å². The lowest BCUT2D eigenvalue weighted by Crippen LogP contribution is -2.74. The minimum atomic E-state index is -0.566. The third kappa shape index (κ3) is 2.94. The molecule has 5 heteroatoms. The Morgan fingerprint density at radius 3 is 2.75 bits per heavy atom. The topological polar surface area (TPSA) is 62.2 Å². The zero-order valence-corrected chi connectivity index (χ0v) is 21.1. The number of ether oxygens (including phenoxy) is 2. The number of phenolic OH excluding ortho intramolecular Hbond substituents is 1. The Hall–Kier alpha value is -2.34. The molecule has 7 rings (SSSR count). The summed E-state index contributed by atoms with van der Waals surface area (Å²) in [6.45, 7) is 6.69. The number of benzene rings is 2. The number of aliphatic hydroxyl groups is 1. The Bertz CT molecular complexity index is 1180. The number of hydrogen-bond acceptors (Lipinski definition) is 5. The van der Waals surface area contributed by atoms with Crippen LogP contribution in [-0.2, 0) is 16.6 Å². The van der Waals surface area contributed by atoms with Crippen LogP contribution in [0.3, 0.4) is 0 Å². The molecule has 2 heterocycles. The maximum absolute atomic E-state index is 11.3. The van der Waals surface area contributed by atoms with Crippen LogP contribution < -0.4 is 4.74 Å². The van der Waals surface area contributed by atoms with Gasteiger partial charge in [0, 0.05) is 30.7 Å². The van der Waals surface area contributed by atoms with Crippen LogP contribution in [0.4, 0.5) is 0 Å². The number of aliphatic hydroxyl groups excluding tert-OH is 1. The number of methoxy groups -OCH3 is 1. The number of nitrogens with zero attached hydrogens (tertiary/aromatic N) is 1. The van der Waals surface area contributed by atoms with Crippen LogP contribution in [0.25, 0.3) is 0 Å². The predicted octanol–water partition coefficient (Wildman–Crippen LogP) is 4.76. The van der Waals surface area contributed by atoms with Gasteiger partial charge in [0.1, 0.15) is 6.10 Å². The van der Waals surface area contributed by atoms with Gasteiger partial charge in [0.05, 0.1) is 17.6 Å². The first kappa shape index (κ1) is 22.8. The fraction of sp³-hybridized carbons (Fsp3) is 0.548. The Labute approximate surface area is 213 Å². The fourth-order valence-corrected chi connectivity index (χ4v) is 8.72. The first-order valence-corrected chi connectivity index (χ1v) is 13.7. The largest absolute Gasteiger partial charge is 0.504 e. The average molecular weight is 488 g/mol. The van der Waals surface area contributed by atoms with Crippen LogP contribution in [0.15, 0.2) is 55.1 Å². The van der Waals surface area contributed by atoms with Crippen molar-refractivity contribution < 1.29 is 19.7 Å². The van der Waals surface area contributed by atoms with Crippen molar-refractivity contribution in [1.82, 2.24) is 4.90 Å². The van der Waals surface area contributed by atoms with Crippen molar-refractivity contribution in [1.29, 1.82) is 0 Å². The van der Waals surface area contributed by atoms with E-state index < -0.39 is 6.10 Å². The van der Waals surface area contributed by atoms with Crippen LogP contribution in [0, 0.1) is 17.3 Å².